The van der Waals surface area contributed by atoms with E-state index in [-0.39, 0.29) is 13.2 Å². The highest BCUT2D eigenvalue weighted by Gasteiger charge is 2.48. The van der Waals surface area contributed by atoms with E-state index in [9.17, 15) is 18.3 Å². The Hall–Kier alpha value is -0.700. The Morgan fingerprint density at radius 2 is 2.06 bits per heavy atom. The fraction of sp³-hybridized carbons (Fsp3) is 0.900. The maximum absolute atomic E-state index is 12.1. The van der Waals surface area contributed by atoms with Gasteiger partial charge in [0.2, 0.25) is 0 Å². The smallest absolute Gasteiger partial charge is 0.313 e. The van der Waals surface area contributed by atoms with Gasteiger partial charge in [0.05, 0.1) is 19.3 Å². The zero-order chi connectivity index (χ0) is 13.4. The molecule has 0 aromatic rings. The molecule has 2 aliphatic heterocycles. The van der Waals surface area contributed by atoms with Crippen LogP contribution in [-0.4, -0.2) is 56.1 Å². The van der Waals surface area contributed by atoms with Crippen LogP contribution in [0.5, 0.6) is 0 Å². The number of nitrogens with zero attached hydrogens (tertiary/aromatic N) is 1. The van der Waals surface area contributed by atoms with Crippen LogP contribution in [0.15, 0.2) is 0 Å². The van der Waals surface area contributed by atoms with Crippen molar-refractivity contribution < 1.29 is 23.1 Å². The minimum atomic E-state index is -3.61. The first-order chi connectivity index (χ1) is 8.36. The average Bonchev–Trinajstić information content (AvgIpc) is 2.89. The molecule has 2 saturated heterocycles. The highest BCUT2D eigenvalue weighted by atomic mass is 32.2. The van der Waals surface area contributed by atoms with Crippen LogP contribution in [0.4, 0.5) is 0 Å². The summed E-state index contributed by atoms with van der Waals surface area (Å²) >= 11 is 0. The zero-order valence-electron chi connectivity index (χ0n) is 10.3. The van der Waals surface area contributed by atoms with Crippen molar-refractivity contribution in [3.63, 3.8) is 0 Å². The van der Waals surface area contributed by atoms with Crippen LogP contribution >= 0.6 is 0 Å². The first-order valence-electron chi connectivity index (χ1n) is 5.95. The van der Waals surface area contributed by atoms with Gasteiger partial charge >= 0.3 is 5.97 Å². The second-order valence-electron chi connectivity index (χ2n) is 5.02. The molecular formula is C10H18N2O5S. The molecule has 0 aromatic carbocycles. The molecular weight excluding hydrogens is 260 g/mol. The van der Waals surface area contributed by atoms with Gasteiger partial charge in [-0.2, -0.15) is 17.4 Å². The van der Waals surface area contributed by atoms with Gasteiger partial charge in [-0.25, -0.2) is 0 Å². The van der Waals surface area contributed by atoms with Crippen LogP contribution in [-0.2, 0) is 19.7 Å². The number of carboxylic acids is 1. The first-order valence-corrected chi connectivity index (χ1v) is 7.39. The number of carboxylic acid groups (broad SMARTS) is 1. The normalized spacial score (nSPS) is 33.9. The van der Waals surface area contributed by atoms with E-state index < -0.39 is 27.6 Å². The lowest BCUT2D eigenvalue weighted by atomic mass is 9.86. The lowest BCUT2D eigenvalue weighted by Crippen LogP contribution is -2.53. The summed E-state index contributed by atoms with van der Waals surface area (Å²) in [6.07, 6.45) is 1.69. The lowest BCUT2D eigenvalue weighted by molar-refractivity contribution is -0.148. The summed E-state index contributed by atoms with van der Waals surface area (Å²) in [5.41, 5.74) is -1.20. The van der Waals surface area contributed by atoms with E-state index in [2.05, 4.69) is 4.72 Å². The third-order valence-electron chi connectivity index (χ3n) is 3.64. The van der Waals surface area contributed by atoms with Crippen molar-refractivity contribution in [3.05, 3.63) is 0 Å². The zero-order valence-corrected chi connectivity index (χ0v) is 11.1. The van der Waals surface area contributed by atoms with E-state index in [4.69, 9.17) is 4.74 Å². The van der Waals surface area contributed by atoms with E-state index in [1.54, 1.807) is 0 Å². The second kappa shape index (κ2) is 4.76. The molecule has 2 heterocycles. The fourth-order valence-corrected chi connectivity index (χ4v) is 3.81. The number of hydrogen-bond donors (Lipinski definition) is 2. The lowest BCUT2D eigenvalue weighted by Gasteiger charge is -2.27. The molecule has 0 amide bonds. The molecule has 104 valence electrons. The van der Waals surface area contributed by atoms with Crippen molar-refractivity contribution >= 4 is 16.2 Å². The van der Waals surface area contributed by atoms with E-state index in [0.29, 0.717) is 13.1 Å². The summed E-state index contributed by atoms with van der Waals surface area (Å²) in [6.45, 7) is 2.60. The fourth-order valence-electron chi connectivity index (χ4n) is 2.23. The molecule has 2 N–H and O–H groups in total. The van der Waals surface area contributed by atoms with E-state index >= 15 is 0 Å². The van der Waals surface area contributed by atoms with Crippen LogP contribution in [0.25, 0.3) is 0 Å². The molecule has 2 fully saturated rings. The molecule has 2 unspecified atom stereocenters. The molecule has 0 saturated carbocycles. The quantitative estimate of drug-likeness (QED) is 0.716. The Bertz CT molecular complexity index is 432. The monoisotopic (exact) mass is 278 g/mol. The molecule has 7 nitrogen and oxygen atoms in total. The van der Waals surface area contributed by atoms with Crippen LogP contribution in [0.2, 0.25) is 0 Å². The number of aliphatic carboxylic acids is 1. The number of carbonyl (C=O) groups is 1. The maximum atomic E-state index is 12.1. The Morgan fingerprint density at radius 1 is 1.44 bits per heavy atom. The molecule has 0 bridgehead atoms. The Balaban J connectivity index is 2.11. The number of rotatable bonds is 4. The highest BCUT2D eigenvalue weighted by Crippen LogP contribution is 2.29. The maximum Gasteiger partial charge on any atom is 0.313 e. The van der Waals surface area contributed by atoms with Gasteiger partial charge in [-0.3, -0.25) is 4.79 Å². The van der Waals surface area contributed by atoms with Crippen molar-refractivity contribution in [1.82, 2.24) is 9.03 Å². The van der Waals surface area contributed by atoms with Crippen molar-refractivity contribution in [2.45, 2.75) is 25.8 Å². The third-order valence-corrected chi connectivity index (χ3v) is 5.27. The molecule has 0 aromatic heterocycles. The van der Waals surface area contributed by atoms with Gasteiger partial charge in [0, 0.05) is 13.1 Å². The van der Waals surface area contributed by atoms with Crippen LogP contribution in [0, 0.1) is 5.41 Å². The van der Waals surface area contributed by atoms with E-state index in [1.165, 1.54) is 11.2 Å². The van der Waals surface area contributed by atoms with E-state index in [0.717, 1.165) is 12.8 Å². The van der Waals surface area contributed by atoms with Gasteiger partial charge in [0.1, 0.15) is 5.41 Å². The number of ether oxygens (including phenoxy) is 1. The summed E-state index contributed by atoms with van der Waals surface area (Å²) in [5.74, 6) is -1.05. The highest BCUT2D eigenvalue weighted by molar-refractivity contribution is 7.87. The second-order valence-corrected chi connectivity index (χ2v) is 6.72. The van der Waals surface area contributed by atoms with Gasteiger partial charge in [-0.15, -0.1) is 0 Å². The van der Waals surface area contributed by atoms with Crippen molar-refractivity contribution in [2.75, 3.05) is 26.3 Å². The largest absolute Gasteiger partial charge is 0.481 e. The summed E-state index contributed by atoms with van der Waals surface area (Å²) < 4.78 is 33.1. The number of nitrogens with one attached hydrogen (secondary N) is 1. The average molecular weight is 278 g/mol. The van der Waals surface area contributed by atoms with Gasteiger partial charge < -0.3 is 9.84 Å². The van der Waals surface area contributed by atoms with Crippen LogP contribution in [0.3, 0.4) is 0 Å². The summed E-state index contributed by atoms with van der Waals surface area (Å²) in [4.78, 5) is 11.2. The molecule has 0 aliphatic carbocycles. The standard InChI is InChI=1S/C10H18N2O5S/c1-10(9(13)14)7-17-6-8(10)11-18(15,16)12-4-2-3-5-12/h8,11H,2-7H2,1H3,(H,13,14). The van der Waals surface area contributed by atoms with Gasteiger partial charge in [0.15, 0.2) is 0 Å². The van der Waals surface area contributed by atoms with E-state index in [1.807, 2.05) is 0 Å². The molecule has 0 spiro atoms. The van der Waals surface area contributed by atoms with Crippen molar-refractivity contribution in [2.24, 2.45) is 5.41 Å². The Labute approximate surface area is 106 Å². The van der Waals surface area contributed by atoms with Crippen LogP contribution < -0.4 is 4.72 Å². The summed E-state index contributed by atoms with van der Waals surface area (Å²) in [5, 5.41) is 9.18. The minimum Gasteiger partial charge on any atom is -0.481 e. The minimum absolute atomic E-state index is 0.0233. The van der Waals surface area contributed by atoms with Crippen molar-refractivity contribution in [3.8, 4) is 0 Å². The summed E-state index contributed by atoms with van der Waals surface area (Å²) in [6, 6.07) is -0.722. The Morgan fingerprint density at radius 3 is 2.61 bits per heavy atom. The van der Waals surface area contributed by atoms with Gasteiger partial charge in [-0.05, 0) is 19.8 Å². The van der Waals surface area contributed by atoms with Gasteiger partial charge in [0.25, 0.3) is 10.2 Å². The SMILES string of the molecule is CC1(C(=O)O)COCC1NS(=O)(=O)N1CCCC1. The topological polar surface area (TPSA) is 95.9 Å². The predicted octanol–water partition coefficient (Wildman–Crippen LogP) is -0.594. The first kappa shape index (κ1) is 13.7. The molecule has 2 atom stereocenters. The number of hydrogen-bond acceptors (Lipinski definition) is 4. The van der Waals surface area contributed by atoms with Crippen molar-refractivity contribution in [1.29, 1.82) is 0 Å². The predicted molar refractivity (Wildman–Crippen MR) is 63.2 cm³/mol. The van der Waals surface area contributed by atoms with Crippen LogP contribution in [0.1, 0.15) is 19.8 Å². The molecule has 0 radical (unpaired) electrons. The molecule has 8 heteroatoms. The molecule has 2 rings (SSSR count). The molecule has 18 heavy (non-hydrogen) atoms. The molecule has 2 aliphatic rings. The summed E-state index contributed by atoms with van der Waals surface area (Å²) in [7, 11) is -3.61. The van der Waals surface area contributed by atoms with Gasteiger partial charge in [-0.1, -0.05) is 0 Å². The third kappa shape index (κ3) is 2.37. The Kier molecular flexibility index (Phi) is 3.63.